The first-order valence-electron chi connectivity index (χ1n) is 19.8. The van der Waals surface area contributed by atoms with Crippen molar-refractivity contribution in [2.45, 2.75) is 63.3 Å². The molecule has 27 heteroatoms. The number of nitrogens with one attached hydrogen (secondary N) is 1. The molecule has 6 atom stereocenters. The van der Waals surface area contributed by atoms with Crippen molar-refractivity contribution in [3.8, 4) is 17.6 Å². The third kappa shape index (κ3) is 18.5. The number of aromatic nitrogens is 3. The monoisotopic (exact) mass is 974 g/mol. The molecule has 0 aliphatic carbocycles. The predicted molar refractivity (Wildman–Crippen MR) is 230 cm³/mol. The quantitative estimate of drug-likeness (QED) is 0.0165. The summed E-state index contributed by atoms with van der Waals surface area (Å²) in [6.07, 6.45) is 4.64. The number of benzene rings is 1. The molecule has 1 amide bonds. The van der Waals surface area contributed by atoms with Gasteiger partial charge >= 0.3 is 23.5 Å². The number of carbonyl (C=O) groups is 2. The SMILES string of the molecule is C=CCOCOC1C[C@H](n2cc(C#CCCC(=O)COC(COc3cccc(C(=O)NCCCCCN)c3)OCC=C)c3c(N)ncnc32)O[C@@H]1COP(=O)(O)OP(=O)(O)OP(=O)(O)O. The predicted octanol–water partition coefficient (Wildman–Crippen LogP) is 3.37. The van der Waals surface area contributed by atoms with Crippen LogP contribution in [0.15, 0.2) is 62.1 Å². The van der Waals surface area contributed by atoms with E-state index in [1.807, 2.05) is 0 Å². The van der Waals surface area contributed by atoms with E-state index in [9.17, 15) is 33.1 Å². The number of nitrogens with two attached hydrogens (primary N) is 2. The number of rotatable bonds is 30. The lowest BCUT2D eigenvalue weighted by molar-refractivity contribution is -0.161. The number of ether oxygens (including phenoxy) is 6. The van der Waals surface area contributed by atoms with Gasteiger partial charge in [0.15, 0.2) is 12.1 Å². The van der Waals surface area contributed by atoms with Crippen LogP contribution in [0.3, 0.4) is 0 Å². The van der Waals surface area contributed by atoms with E-state index < -0.39 is 54.8 Å². The number of hydrogen-bond donors (Lipinski definition) is 7. The highest BCUT2D eigenvalue weighted by Gasteiger charge is 2.44. The van der Waals surface area contributed by atoms with Crippen LogP contribution in [0.2, 0.25) is 0 Å². The Balaban J connectivity index is 1.37. The van der Waals surface area contributed by atoms with Crippen molar-refractivity contribution in [3.05, 3.63) is 73.2 Å². The Bertz CT molecular complexity index is 2280. The van der Waals surface area contributed by atoms with Crippen molar-refractivity contribution in [2.24, 2.45) is 5.73 Å². The van der Waals surface area contributed by atoms with Crippen molar-refractivity contribution >= 4 is 52.0 Å². The van der Waals surface area contributed by atoms with Crippen LogP contribution in [0.1, 0.15) is 60.7 Å². The average Bonchev–Trinajstić information content (AvgIpc) is 3.83. The highest BCUT2D eigenvalue weighted by molar-refractivity contribution is 7.66. The molecule has 2 aromatic heterocycles. The van der Waals surface area contributed by atoms with Gasteiger partial charge < -0.3 is 69.3 Å². The van der Waals surface area contributed by atoms with Gasteiger partial charge in [-0.25, -0.2) is 23.7 Å². The molecule has 65 heavy (non-hydrogen) atoms. The Hall–Kier alpha value is -4.21. The summed E-state index contributed by atoms with van der Waals surface area (Å²) in [4.78, 5) is 71.1. The van der Waals surface area contributed by atoms with Gasteiger partial charge in [-0.05, 0) is 37.6 Å². The lowest BCUT2D eigenvalue weighted by atomic mass is 10.2. The molecule has 0 spiro atoms. The van der Waals surface area contributed by atoms with E-state index in [1.165, 1.54) is 18.5 Å². The summed E-state index contributed by atoms with van der Waals surface area (Å²) in [5.74, 6) is 5.88. The van der Waals surface area contributed by atoms with Crippen molar-refractivity contribution < 1.29 is 84.4 Å². The maximum atomic E-state index is 12.9. The van der Waals surface area contributed by atoms with Gasteiger partial charge in [0, 0.05) is 37.6 Å². The van der Waals surface area contributed by atoms with Crippen LogP contribution in [0.4, 0.5) is 5.82 Å². The van der Waals surface area contributed by atoms with Crippen LogP contribution in [0, 0.1) is 11.8 Å². The van der Waals surface area contributed by atoms with E-state index in [4.69, 9.17) is 54.2 Å². The van der Waals surface area contributed by atoms with E-state index in [0.717, 1.165) is 19.3 Å². The molecule has 1 saturated heterocycles. The van der Waals surface area contributed by atoms with Crippen molar-refractivity contribution in [3.63, 3.8) is 0 Å². The smallest absolute Gasteiger partial charge is 0.488 e. The molecule has 0 bridgehead atoms. The summed E-state index contributed by atoms with van der Waals surface area (Å²) in [5, 5.41) is 3.23. The highest BCUT2D eigenvalue weighted by atomic mass is 31.3. The van der Waals surface area contributed by atoms with Gasteiger partial charge in [0.1, 0.15) is 55.9 Å². The maximum absolute atomic E-state index is 12.9. The van der Waals surface area contributed by atoms with Crippen molar-refractivity contribution in [1.29, 1.82) is 0 Å². The molecule has 1 aliphatic heterocycles. The Morgan fingerprint density at radius 2 is 1.83 bits per heavy atom. The lowest BCUT2D eigenvalue weighted by Gasteiger charge is -2.21. The number of fused-ring (bicyclic) bond motifs is 1. The zero-order valence-corrected chi connectivity index (χ0v) is 37.8. The first kappa shape index (κ1) is 53.4. The molecule has 4 rings (SSSR count). The summed E-state index contributed by atoms with van der Waals surface area (Å²) in [6.45, 7) is 7.08. The first-order valence-corrected chi connectivity index (χ1v) is 24.4. The van der Waals surface area contributed by atoms with Crippen LogP contribution >= 0.6 is 23.5 Å². The summed E-state index contributed by atoms with van der Waals surface area (Å²) >= 11 is 0. The molecule has 1 aromatic carbocycles. The number of nitrogens with zero attached hydrogens (tertiary/aromatic N) is 3. The number of anilines is 1. The van der Waals surface area contributed by atoms with Gasteiger partial charge in [-0.15, -0.1) is 13.2 Å². The number of phosphoric acid groups is 3. The number of hydrogen-bond acceptors (Lipinski definition) is 18. The molecule has 1 aliphatic rings. The van der Waals surface area contributed by atoms with Gasteiger partial charge in [0.05, 0.1) is 36.9 Å². The number of phosphoric ester groups is 1. The Morgan fingerprint density at radius 1 is 1.05 bits per heavy atom. The fourth-order valence-corrected chi connectivity index (χ4v) is 8.97. The minimum atomic E-state index is -5.77. The van der Waals surface area contributed by atoms with E-state index in [-0.39, 0.29) is 75.6 Å². The second-order valence-electron chi connectivity index (χ2n) is 13.8. The number of carbonyl (C=O) groups excluding carboxylic acids is 2. The van der Waals surface area contributed by atoms with Gasteiger partial charge in [-0.3, -0.25) is 14.1 Å². The second-order valence-corrected chi connectivity index (χ2v) is 18.2. The van der Waals surface area contributed by atoms with Crippen LogP contribution < -0.4 is 21.5 Å². The standard InChI is InChI=1S/C38H53N6O18P3/c1-3-17-54-26-58-31-20-33(60-32(31)23-59-64(50,51)62-65(52,53)61-63(47,48)49)44-21-28(35-36(40)42-25-43-37(35)44)11-6-7-13-29(45)22-57-34(55-18-4-2)24-56-30-14-10-12-27(19-30)38(46)41-16-9-5-8-15-39/h3-4,10,12,14,19,21,25,31-34H,1-2,5,7-9,13,15-18,20,22-24,26,39H2,(H,41,46)(H,50,51)(H,52,53)(H2,40,42,43)(H2,47,48,49)/t31?,32-,33-,34?/m1/s1. The molecule has 1 fully saturated rings. The molecule has 0 radical (unpaired) electrons. The average molecular weight is 975 g/mol. The van der Waals surface area contributed by atoms with E-state index in [1.54, 1.807) is 35.0 Å². The van der Waals surface area contributed by atoms with Gasteiger partial charge in [-0.1, -0.05) is 36.5 Å². The third-order valence-electron chi connectivity index (χ3n) is 8.78. The second kappa shape index (κ2) is 26.2. The third-order valence-corrected chi connectivity index (χ3v) is 12.6. The Kier molecular flexibility index (Phi) is 21.5. The zero-order valence-electron chi connectivity index (χ0n) is 35.1. The van der Waals surface area contributed by atoms with Crippen molar-refractivity contribution in [1.82, 2.24) is 19.9 Å². The highest BCUT2D eigenvalue weighted by Crippen LogP contribution is 2.66. The summed E-state index contributed by atoms with van der Waals surface area (Å²) in [5.41, 5.74) is 12.8. The Labute approximate surface area is 374 Å². The topological polar surface area (TPSA) is 344 Å². The molecule has 4 unspecified atom stereocenters. The molecule has 0 saturated carbocycles. The lowest BCUT2D eigenvalue weighted by Crippen LogP contribution is -2.29. The summed E-state index contributed by atoms with van der Waals surface area (Å²) in [6, 6.07) is 6.63. The normalized spacial score (nSPS) is 18.5. The van der Waals surface area contributed by atoms with Gasteiger partial charge in [-0.2, -0.15) is 8.62 Å². The Morgan fingerprint density at radius 3 is 2.57 bits per heavy atom. The molecule has 358 valence electrons. The van der Waals surface area contributed by atoms with Gasteiger partial charge in [0.25, 0.3) is 5.91 Å². The number of ketones is 1. The maximum Gasteiger partial charge on any atom is 0.490 e. The minimum Gasteiger partial charge on any atom is -0.488 e. The summed E-state index contributed by atoms with van der Waals surface area (Å²) < 4.78 is 83.6. The van der Waals surface area contributed by atoms with E-state index >= 15 is 0 Å². The number of amides is 1. The minimum absolute atomic E-state index is 0.00595. The molecule has 9 N–H and O–H groups in total. The van der Waals surface area contributed by atoms with Gasteiger partial charge in [0.2, 0.25) is 0 Å². The molecular weight excluding hydrogens is 921 g/mol. The number of unbranched alkanes of at least 4 members (excludes halogenated alkanes) is 2. The molecule has 3 aromatic rings. The fraction of sp³-hybridized carbons (Fsp3) is 0.474. The van der Waals surface area contributed by atoms with Crippen LogP contribution in [-0.4, -0.2) is 117 Å². The summed E-state index contributed by atoms with van der Waals surface area (Å²) in [7, 11) is -16.9. The van der Waals surface area contributed by atoms with Crippen LogP contribution in [0.5, 0.6) is 5.75 Å². The van der Waals surface area contributed by atoms with Crippen LogP contribution in [0.25, 0.3) is 11.0 Å². The molecular formula is C38H53N6O18P3. The van der Waals surface area contributed by atoms with E-state index in [0.29, 0.717) is 35.4 Å². The molecule has 24 nitrogen and oxygen atoms in total. The number of Topliss-reactive ketones (excluding diaryl/α,β-unsaturated/α-hetero) is 1. The molecule has 3 heterocycles. The first-order chi connectivity index (χ1) is 30.9. The van der Waals surface area contributed by atoms with Crippen LogP contribution in [-0.2, 0) is 55.3 Å². The van der Waals surface area contributed by atoms with E-state index in [2.05, 4.69) is 48.9 Å². The van der Waals surface area contributed by atoms with Crippen molar-refractivity contribution in [2.75, 3.05) is 58.7 Å². The zero-order chi connectivity index (χ0) is 47.5. The number of nitrogen functional groups attached to an aromatic ring is 1. The largest absolute Gasteiger partial charge is 0.490 e. The fourth-order valence-electron chi connectivity index (χ4n) is 5.94.